The first-order chi connectivity index (χ1) is 10.5. The van der Waals surface area contributed by atoms with Gasteiger partial charge in [0.25, 0.3) is 0 Å². The predicted octanol–water partition coefficient (Wildman–Crippen LogP) is 2.90. The standard InChI is InChI=1S/C17H24O4S/c1-11-13(10-22-12-7-5-4-6-8-12)16(18)20-15(11)14-9-19-17(2,3)21-14/h4-8,11,13-16,18H,9-10H2,1-3H3/t11-,13?,14-,15?,16?/m1/s1. The van der Waals surface area contributed by atoms with E-state index in [0.717, 1.165) is 5.75 Å². The third-order valence-corrected chi connectivity index (χ3v) is 5.60. The van der Waals surface area contributed by atoms with Gasteiger partial charge in [-0.2, -0.15) is 0 Å². The van der Waals surface area contributed by atoms with Crippen LogP contribution in [0.25, 0.3) is 0 Å². The maximum atomic E-state index is 10.3. The summed E-state index contributed by atoms with van der Waals surface area (Å²) in [5.74, 6) is 0.603. The highest BCUT2D eigenvalue weighted by atomic mass is 32.2. The lowest BCUT2D eigenvalue weighted by molar-refractivity contribution is -0.173. The summed E-state index contributed by atoms with van der Waals surface area (Å²) in [5.41, 5.74) is 0. The number of hydrogen-bond donors (Lipinski definition) is 1. The van der Waals surface area contributed by atoms with Gasteiger partial charge in [0.15, 0.2) is 12.1 Å². The number of aliphatic hydroxyl groups excluding tert-OH is 1. The van der Waals surface area contributed by atoms with Crippen molar-refractivity contribution in [3.63, 3.8) is 0 Å². The van der Waals surface area contributed by atoms with Gasteiger partial charge in [-0.05, 0) is 31.9 Å². The fourth-order valence-electron chi connectivity index (χ4n) is 3.14. The monoisotopic (exact) mass is 324 g/mol. The number of aliphatic hydroxyl groups is 1. The van der Waals surface area contributed by atoms with E-state index in [0.29, 0.717) is 6.61 Å². The molecule has 2 aliphatic heterocycles. The van der Waals surface area contributed by atoms with Crippen molar-refractivity contribution in [1.82, 2.24) is 0 Å². The number of benzene rings is 1. The maximum absolute atomic E-state index is 10.3. The molecule has 1 aromatic carbocycles. The van der Waals surface area contributed by atoms with Crippen LogP contribution < -0.4 is 0 Å². The minimum Gasteiger partial charge on any atom is -0.368 e. The van der Waals surface area contributed by atoms with Crippen LogP contribution in [0.15, 0.2) is 35.2 Å². The van der Waals surface area contributed by atoms with E-state index in [1.54, 1.807) is 11.8 Å². The molecule has 3 unspecified atom stereocenters. The molecule has 2 saturated heterocycles. The second-order valence-corrected chi connectivity index (χ2v) is 7.60. The third kappa shape index (κ3) is 3.49. The molecule has 0 bridgehead atoms. The van der Waals surface area contributed by atoms with Crippen molar-refractivity contribution in [3.8, 4) is 0 Å². The summed E-state index contributed by atoms with van der Waals surface area (Å²) in [6, 6.07) is 10.2. The van der Waals surface area contributed by atoms with Crippen LogP contribution in [0, 0.1) is 11.8 Å². The van der Waals surface area contributed by atoms with E-state index < -0.39 is 12.1 Å². The van der Waals surface area contributed by atoms with E-state index in [-0.39, 0.29) is 24.0 Å². The Bertz CT molecular complexity index is 493. The molecule has 0 aromatic heterocycles. The van der Waals surface area contributed by atoms with Crippen molar-refractivity contribution in [2.75, 3.05) is 12.4 Å². The summed E-state index contributed by atoms with van der Waals surface area (Å²) in [4.78, 5) is 1.21. The lowest BCUT2D eigenvalue weighted by atomic mass is 9.91. The van der Waals surface area contributed by atoms with Crippen LogP contribution in [0.2, 0.25) is 0 Å². The molecule has 1 N–H and O–H groups in total. The molecule has 0 amide bonds. The highest BCUT2D eigenvalue weighted by Crippen LogP contribution is 2.40. The molecule has 2 aliphatic rings. The van der Waals surface area contributed by atoms with Crippen LogP contribution in [0.4, 0.5) is 0 Å². The molecule has 2 heterocycles. The average Bonchev–Trinajstić information content (AvgIpc) is 2.98. The van der Waals surface area contributed by atoms with Gasteiger partial charge in [-0.3, -0.25) is 0 Å². The topological polar surface area (TPSA) is 47.9 Å². The Balaban J connectivity index is 1.59. The van der Waals surface area contributed by atoms with Gasteiger partial charge in [0.1, 0.15) is 6.10 Å². The molecule has 5 atom stereocenters. The van der Waals surface area contributed by atoms with Crippen LogP contribution in [0.1, 0.15) is 20.8 Å². The SMILES string of the molecule is C[C@@H]1C(CSc2ccccc2)C(O)OC1[C@H]1COC(C)(C)O1. The zero-order valence-electron chi connectivity index (χ0n) is 13.3. The zero-order chi connectivity index (χ0) is 15.7. The van der Waals surface area contributed by atoms with Crippen molar-refractivity contribution in [3.05, 3.63) is 30.3 Å². The Morgan fingerprint density at radius 3 is 2.64 bits per heavy atom. The van der Waals surface area contributed by atoms with Crippen LogP contribution in [-0.2, 0) is 14.2 Å². The van der Waals surface area contributed by atoms with Crippen LogP contribution in [-0.4, -0.2) is 41.8 Å². The van der Waals surface area contributed by atoms with Gasteiger partial charge in [0.05, 0.1) is 12.7 Å². The molecule has 1 aromatic rings. The molecule has 0 aliphatic carbocycles. The molecule has 5 heteroatoms. The summed E-state index contributed by atoms with van der Waals surface area (Å²) in [6.07, 6.45) is -0.951. The van der Waals surface area contributed by atoms with Crippen molar-refractivity contribution in [1.29, 1.82) is 0 Å². The van der Waals surface area contributed by atoms with E-state index in [1.807, 2.05) is 32.0 Å². The first-order valence-corrected chi connectivity index (χ1v) is 8.78. The van der Waals surface area contributed by atoms with Gasteiger partial charge >= 0.3 is 0 Å². The van der Waals surface area contributed by atoms with E-state index >= 15 is 0 Å². The summed E-state index contributed by atoms with van der Waals surface area (Å²) >= 11 is 1.76. The Labute approximate surface area is 136 Å². The Morgan fingerprint density at radius 1 is 1.27 bits per heavy atom. The van der Waals surface area contributed by atoms with Crippen molar-refractivity contribution < 1.29 is 19.3 Å². The molecule has 4 nitrogen and oxygen atoms in total. The number of thioether (sulfide) groups is 1. The van der Waals surface area contributed by atoms with Gasteiger partial charge in [-0.1, -0.05) is 25.1 Å². The molecule has 22 heavy (non-hydrogen) atoms. The van der Waals surface area contributed by atoms with Crippen molar-refractivity contribution in [2.45, 2.75) is 50.0 Å². The molecular formula is C17H24O4S. The molecule has 0 spiro atoms. The minimum atomic E-state index is -0.733. The number of rotatable bonds is 4. The van der Waals surface area contributed by atoms with Crippen molar-refractivity contribution >= 4 is 11.8 Å². The molecule has 0 saturated carbocycles. The maximum Gasteiger partial charge on any atom is 0.163 e. The van der Waals surface area contributed by atoms with E-state index in [2.05, 4.69) is 19.1 Å². The molecule has 3 rings (SSSR count). The first kappa shape index (κ1) is 16.3. The normalized spacial score (nSPS) is 37.5. The lowest BCUT2D eigenvalue weighted by Gasteiger charge is -2.24. The lowest BCUT2D eigenvalue weighted by Crippen LogP contribution is -2.35. The summed E-state index contributed by atoms with van der Waals surface area (Å²) in [6.45, 7) is 6.47. The highest BCUT2D eigenvalue weighted by molar-refractivity contribution is 7.99. The second-order valence-electron chi connectivity index (χ2n) is 6.51. The van der Waals surface area contributed by atoms with E-state index in [1.165, 1.54) is 4.90 Å². The molecular weight excluding hydrogens is 300 g/mol. The van der Waals surface area contributed by atoms with Gasteiger partial charge < -0.3 is 19.3 Å². The molecule has 122 valence electrons. The van der Waals surface area contributed by atoms with Gasteiger partial charge in [0, 0.05) is 16.6 Å². The Kier molecular flexibility index (Phi) is 4.80. The fraction of sp³-hybridized carbons (Fsp3) is 0.647. The molecule has 2 fully saturated rings. The van der Waals surface area contributed by atoms with Crippen molar-refractivity contribution in [2.24, 2.45) is 11.8 Å². The smallest absolute Gasteiger partial charge is 0.163 e. The summed E-state index contributed by atoms with van der Waals surface area (Å²) in [7, 11) is 0. The average molecular weight is 324 g/mol. The third-order valence-electron chi connectivity index (χ3n) is 4.44. The quantitative estimate of drug-likeness (QED) is 0.863. The second kappa shape index (κ2) is 6.49. The van der Waals surface area contributed by atoms with E-state index in [4.69, 9.17) is 14.2 Å². The minimum absolute atomic E-state index is 0.0996. The van der Waals surface area contributed by atoms with E-state index in [9.17, 15) is 5.11 Å². The Hall–Kier alpha value is -0.590. The van der Waals surface area contributed by atoms with Gasteiger partial charge in [-0.25, -0.2) is 0 Å². The van der Waals surface area contributed by atoms with Gasteiger partial charge in [0.2, 0.25) is 0 Å². The summed E-state index contributed by atoms with van der Waals surface area (Å²) < 4.78 is 17.3. The van der Waals surface area contributed by atoms with Crippen LogP contribution >= 0.6 is 11.8 Å². The largest absolute Gasteiger partial charge is 0.368 e. The number of ether oxygens (including phenoxy) is 3. The van der Waals surface area contributed by atoms with Gasteiger partial charge in [-0.15, -0.1) is 11.8 Å². The summed E-state index contributed by atoms with van der Waals surface area (Å²) in [5, 5.41) is 10.3. The van der Waals surface area contributed by atoms with Crippen LogP contribution in [0.5, 0.6) is 0 Å². The fourth-order valence-corrected chi connectivity index (χ4v) is 4.34. The Morgan fingerprint density at radius 2 is 2.00 bits per heavy atom. The zero-order valence-corrected chi connectivity index (χ0v) is 14.1. The first-order valence-electron chi connectivity index (χ1n) is 7.79. The van der Waals surface area contributed by atoms with Crippen LogP contribution in [0.3, 0.4) is 0 Å². The number of hydrogen-bond acceptors (Lipinski definition) is 5. The highest BCUT2D eigenvalue weighted by Gasteiger charge is 2.48. The predicted molar refractivity (Wildman–Crippen MR) is 85.6 cm³/mol. The molecule has 0 radical (unpaired) electrons.